The Balaban J connectivity index is 1.79. The maximum Gasteiger partial charge on any atom is 0.227 e. The summed E-state index contributed by atoms with van der Waals surface area (Å²) >= 11 is 0. The Labute approximate surface area is 167 Å². The average Bonchev–Trinajstić information content (AvgIpc) is 3.20. The second-order valence-electron chi connectivity index (χ2n) is 6.64. The number of nitrogens with one attached hydrogen (secondary N) is 1. The Hall–Kier alpha value is -3.58. The van der Waals surface area contributed by atoms with E-state index in [-0.39, 0.29) is 18.5 Å². The lowest BCUT2D eigenvalue weighted by Crippen LogP contribution is -2.10. The molecule has 1 unspecified atom stereocenters. The predicted octanol–water partition coefficient (Wildman–Crippen LogP) is 4.44. The van der Waals surface area contributed by atoms with Crippen molar-refractivity contribution < 1.29 is 9.50 Å². The van der Waals surface area contributed by atoms with Gasteiger partial charge in [-0.15, -0.1) is 0 Å². The van der Waals surface area contributed by atoms with Crippen molar-refractivity contribution in [3.8, 4) is 22.6 Å². The van der Waals surface area contributed by atoms with E-state index in [1.807, 2.05) is 41.8 Å². The molecule has 0 radical (unpaired) electrons. The van der Waals surface area contributed by atoms with Crippen molar-refractivity contribution in [2.24, 2.45) is 0 Å². The van der Waals surface area contributed by atoms with Gasteiger partial charge in [-0.05, 0) is 49.4 Å². The summed E-state index contributed by atoms with van der Waals surface area (Å²) in [7, 11) is 0. The van der Waals surface area contributed by atoms with Crippen LogP contribution in [-0.4, -0.2) is 31.2 Å². The molecule has 0 aliphatic carbocycles. The van der Waals surface area contributed by atoms with Crippen LogP contribution in [0.25, 0.3) is 22.6 Å². The van der Waals surface area contributed by atoms with E-state index in [0.29, 0.717) is 17.3 Å². The minimum absolute atomic E-state index is 0.0492. The number of rotatable bonds is 6. The third kappa shape index (κ3) is 4.00. The molecule has 0 fully saturated rings. The summed E-state index contributed by atoms with van der Waals surface area (Å²) in [5.41, 5.74) is 3.68. The normalized spacial score (nSPS) is 12.0. The molecule has 2 heterocycles. The predicted molar refractivity (Wildman–Crippen MR) is 110 cm³/mol. The van der Waals surface area contributed by atoms with Gasteiger partial charge in [0.2, 0.25) is 5.95 Å². The molecule has 146 valence electrons. The number of hydrogen-bond acceptors (Lipinski definition) is 5. The number of hydrogen-bond donors (Lipinski definition) is 2. The van der Waals surface area contributed by atoms with E-state index in [0.717, 1.165) is 16.9 Å². The van der Waals surface area contributed by atoms with Crippen molar-refractivity contribution in [1.82, 2.24) is 19.5 Å². The van der Waals surface area contributed by atoms with Gasteiger partial charge in [-0.2, -0.15) is 0 Å². The summed E-state index contributed by atoms with van der Waals surface area (Å²) in [6.45, 7) is 1.84. The summed E-state index contributed by atoms with van der Waals surface area (Å²) in [4.78, 5) is 13.5. The number of para-hydroxylation sites is 1. The van der Waals surface area contributed by atoms with Crippen LogP contribution in [-0.2, 0) is 0 Å². The molecule has 0 spiro atoms. The molecule has 0 saturated carbocycles. The zero-order chi connectivity index (χ0) is 20.2. The average molecular weight is 389 g/mol. The highest BCUT2D eigenvalue weighted by Gasteiger charge is 2.19. The van der Waals surface area contributed by atoms with Crippen LogP contribution in [0.2, 0.25) is 0 Å². The monoisotopic (exact) mass is 389 g/mol. The third-order valence-electron chi connectivity index (χ3n) is 4.58. The topological polar surface area (TPSA) is 75.9 Å². The number of anilines is 2. The molecular formula is C22H20FN5O. The molecule has 4 aromatic rings. The van der Waals surface area contributed by atoms with E-state index in [2.05, 4.69) is 20.3 Å². The van der Waals surface area contributed by atoms with Gasteiger partial charge in [-0.3, -0.25) is 0 Å². The van der Waals surface area contributed by atoms with Gasteiger partial charge in [0.15, 0.2) is 0 Å². The van der Waals surface area contributed by atoms with Crippen LogP contribution in [0.4, 0.5) is 16.0 Å². The van der Waals surface area contributed by atoms with Gasteiger partial charge in [0, 0.05) is 17.4 Å². The smallest absolute Gasteiger partial charge is 0.227 e. The zero-order valence-electron chi connectivity index (χ0n) is 15.8. The molecule has 0 aliphatic rings. The van der Waals surface area contributed by atoms with Gasteiger partial charge in [-0.25, -0.2) is 19.3 Å². The SMILES string of the molecule is CC(CO)n1cnc(-c2ccc(F)cc2)c1-c1ccnc(Nc2ccccc2)n1. The highest BCUT2D eigenvalue weighted by Crippen LogP contribution is 2.32. The zero-order valence-corrected chi connectivity index (χ0v) is 15.8. The Bertz CT molecular complexity index is 1100. The van der Waals surface area contributed by atoms with E-state index in [1.165, 1.54) is 12.1 Å². The van der Waals surface area contributed by atoms with E-state index in [9.17, 15) is 9.50 Å². The first kappa shape index (κ1) is 18.8. The fourth-order valence-corrected chi connectivity index (χ4v) is 3.06. The van der Waals surface area contributed by atoms with Crippen LogP contribution < -0.4 is 5.32 Å². The number of nitrogens with zero attached hydrogens (tertiary/aromatic N) is 4. The molecule has 2 N–H and O–H groups in total. The molecule has 4 rings (SSSR count). The molecule has 29 heavy (non-hydrogen) atoms. The number of aliphatic hydroxyl groups is 1. The summed E-state index contributed by atoms with van der Waals surface area (Å²) in [6.07, 6.45) is 3.34. The van der Waals surface area contributed by atoms with E-state index >= 15 is 0 Å². The standard InChI is InChI=1S/C22H20FN5O/c1-15(13-29)28-14-25-20(16-7-9-17(23)10-8-16)21(28)19-11-12-24-22(27-19)26-18-5-3-2-4-6-18/h2-12,14-15,29H,13H2,1H3,(H,24,26,27). The summed E-state index contributed by atoms with van der Waals surface area (Å²) < 4.78 is 15.3. The van der Waals surface area contributed by atoms with E-state index in [1.54, 1.807) is 30.7 Å². The molecule has 2 aromatic heterocycles. The molecule has 0 bridgehead atoms. The van der Waals surface area contributed by atoms with Crippen LogP contribution in [0.15, 0.2) is 73.2 Å². The van der Waals surface area contributed by atoms with Gasteiger partial charge in [-0.1, -0.05) is 18.2 Å². The van der Waals surface area contributed by atoms with Gasteiger partial charge in [0.05, 0.1) is 36.1 Å². The van der Waals surface area contributed by atoms with E-state index < -0.39 is 0 Å². The summed E-state index contributed by atoms with van der Waals surface area (Å²) in [6, 6.07) is 17.4. The minimum Gasteiger partial charge on any atom is -0.394 e. The second kappa shape index (κ2) is 8.20. The Morgan fingerprint density at radius 3 is 2.52 bits per heavy atom. The summed E-state index contributed by atoms with van der Waals surface area (Å²) in [5, 5.41) is 12.9. The fourth-order valence-electron chi connectivity index (χ4n) is 3.06. The second-order valence-corrected chi connectivity index (χ2v) is 6.64. The first-order valence-electron chi connectivity index (χ1n) is 9.25. The number of aliphatic hydroxyl groups excluding tert-OH is 1. The lowest BCUT2D eigenvalue weighted by atomic mass is 10.1. The quantitative estimate of drug-likeness (QED) is 0.510. The largest absolute Gasteiger partial charge is 0.394 e. The van der Waals surface area contributed by atoms with Crippen molar-refractivity contribution in [2.75, 3.05) is 11.9 Å². The maximum absolute atomic E-state index is 13.4. The third-order valence-corrected chi connectivity index (χ3v) is 4.58. The van der Waals surface area contributed by atoms with Crippen LogP contribution >= 0.6 is 0 Å². The Kier molecular flexibility index (Phi) is 5.31. The summed E-state index contributed by atoms with van der Waals surface area (Å²) in [5.74, 6) is 0.137. The van der Waals surface area contributed by atoms with Crippen molar-refractivity contribution in [3.05, 3.63) is 79.0 Å². The lowest BCUT2D eigenvalue weighted by molar-refractivity contribution is 0.239. The lowest BCUT2D eigenvalue weighted by Gasteiger charge is -2.15. The van der Waals surface area contributed by atoms with Gasteiger partial charge in [0.25, 0.3) is 0 Å². The maximum atomic E-state index is 13.4. The minimum atomic E-state index is -0.310. The molecule has 7 heteroatoms. The van der Waals surface area contributed by atoms with Crippen LogP contribution in [0.3, 0.4) is 0 Å². The number of benzene rings is 2. The number of halogens is 1. The molecule has 0 saturated heterocycles. The van der Waals surface area contributed by atoms with Gasteiger partial charge < -0.3 is 15.0 Å². The molecule has 2 aromatic carbocycles. The molecule has 0 aliphatic heterocycles. The first-order valence-corrected chi connectivity index (χ1v) is 9.25. The van der Waals surface area contributed by atoms with Crippen LogP contribution in [0.5, 0.6) is 0 Å². The Morgan fingerprint density at radius 2 is 1.79 bits per heavy atom. The molecule has 6 nitrogen and oxygen atoms in total. The molecule has 0 amide bonds. The van der Waals surface area contributed by atoms with Crippen LogP contribution in [0.1, 0.15) is 13.0 Å². The number of aromatic nitrogens is 4. The fraction of sp³-hybridized carbons (Fsp3) is 0.136. The van der Waals surface area contributed by atoms with Crippen LogP contribution in [0, 0.1) is 5.82 Å². The van der Waals surface area contributed by atoms with E-state index in [4.69, 9.17) is 0 Å². The molecular weight excluding hydrogens is 369 g/mol. The van der Waals surface area contributed by atoms with Crippen molar-refractivity contribution in [1.29, 1.82) is 0 Å². The van der Waals surface area contributed by atoms with Gasteiger partial charge >= 0.3 is 0 Å². The first-order chi connectivity index (χ1) is 14.2. The van der Waals surface area contributed by atoms with Crippen molar-refractivity contribution in [3.63, 3.8) is 0 Å². The van der Waals surface area contributed by atoms with Gasteiger partial charge in [0.1, 0.15) is 5.82 Å². The molecule has 1 atom stereocenters. The highest BCUT2D eigenvalue weighted by atomic mass is 19.1. The number of imidazole rings is 1. The van der Waals surface area contributed by atoms with Crippen molar-refractivity contribution in [2.45, 2.75) is 13.0 Å². The van der Waals surface area contributed by atoms with Crippen molar-refractivity contribution >= 4 is 11.6 Å². The highest BCUT2D eigenvalue weighted by molar-refractivity contribution is 5.77. The Morgan fingerprint density at radius 1 is 1.03 bits per heavy atom.